The second-order valence-corrected chi connectivity index (χ2v) is 6.44. The molecule has 18 heavy (non-hydrogen) atoms. The van der Waals surface area contributed by atoms with Crippen molar-refractivity contribution in [3.05, 3.63) is 15.6 Å². The van der Waals surface area contributed by atoms with Crippen LogP contribution in [0.4, 0.5) is 0 Å². The van der Waals surface area contributed by atoms with Crippen LogP contribution in [0.1, 0.15) is 60.1 Å². The number of fused-ring (bicyclic) bond motifs is 1. The first-order chi connectivity index (χ1) is 8.88. The van der Waals surface area contributed by atoms with E-state index in [1.807, 2.05) is 11.3 Å². The van der Waals surface area contributed by atoms with E-state index in [0.717, 1.165) is 26.2 Å². The highest BCUT2D eigenvalue weighted by atomic mass is 32.1. The Morgan fingerprint density at radius 1 is 1.44 bits per heavy atom. The molecule has 0 saturated carbocycles. The van der Waals surface area contributed by atoms with Crippen molar-refractivity contribution in [1.82, 2.24) is 10.3 Å². The maximum absolute atomic E-state index is 5.49. The van der Waals surface area contributed by atoms with E-state index in [9.17, 15) is 0 Å². The van der Waals surface area contributed by atoms with Crippen molar-refractivity contribution in [1.29, 1.82) is 0 Å². The molecular formula is C14H22N2OS. The number of aryl methyl sites for hydroxylation is 1. The van der Waals surface area contributed by atoms with Gasteiger partial charge in [0, 0.05) is 17.4 Å². The van der Waals surface area contributed by atoms with Gasteiger partial charge in [-0.25, -0.2) is 4.98 Å². The van der Waals surface area contributed by atoms with E-state index in [1.165, 1.54) is 41.3 Å². The van der Waals surface area contributed by atoms with Crippen LogP contribution in [-0.2, 0) is 11.2 Å². The third kappa shape index (κ3) is 2.46. The zero-order valence-electron chi connectivity index (χ0n) is 11.1. The van der Waals surface area contributed by atoms with Crippen LogP contribution in [-0.4, -0.2) is 24.7 Å². The zero-order valence-corrected chi connectivity index (χ0v) is 11.9. The summed E-state index contributed by atoms with van der Waals surface area (Å²) < 4.78 is 5.49. The molecule has 1 aromatic heterocycles. The molecule has 0 bridgehead atoms. The van der Waals surface area contributed by atoms with Crippen LogP contribution in [0.3, 0.4) is 0 Å². The minimum atomic E-state index is 0.501. The number of ether oxygens (including phenoxy) is 1. The fourth-order valence-electron chi connectivity index (χ4n) is 2.86. The molecule has 1 aliphatic heterocycles. The summed E-state index contributed by atoms with van der Waals surface area (Å²) >= 11 is 1.94. The molecule has 0 aromatic carbocycles. The fourth-order valence-corrected chi connectivity index (χ4v) is 4.15. The van der Waals surface area contributed by atoms with Crippen molar-refractivity contribution in [2.45, 2.75) is 51.0 Å². The highest BCUT2D eigenvalue weighted by molar-refractivity contribution is 7.11. The van der Waals surface area contributed by atoms with Gasteiger partial charge in [0.05, 0.1) is 23.4 Å². The van der Waals surface area contributed by atoms with Gasteiger partial charge in [-0.2, -0.15) is 0 Å². The average molecular weight is 266 g/mol. The lowest BCUT2D eigenvalue weighted by Crippen LogP contribution is -2.25. The summed E-state index contributed by atoms with van der Waals surface area (Å²) in [5.41, 5.74) is 1.35. The predicted octanol–water partition coefficient (Wildman–Crippen LogP) is 3.02. The molecule has 1 aliphatic carbocycles. The third-order valence-electron chi connectivity index (χ3n) is 3.89. The standard InChI is InChI=1S/C14H22N2OS/c1-2-7-15-11-4-3-5-12-13(11)16-14(18-12)10-6-8-17-9-10/h10-11,15H,2-9H2,1H3. The first kappa shape index (κ1) is 12.6. The minimum Gasteiger partial charge on any atom is -0.381 e. The summed E-state index contributed by atoms with van der Waals surface area (Å²) in [6, 6.07) is 0.501. The molecule has 2 aliphatic rings. The van der Waals surface area contributed by atoms with E-state index in [0.29, 0.717) is 12.0 Å². The summed E-state index contributed by atoms with van der Waals surface area (Å²) in [7, 11) is 0. The number of nitrogens with one attached hydrogen (secondary N) is 1. The summed E-state index contributed by atoms with van der Waals surface area (Å²) in [4.78, 5) is 6.47. The Morgan fingerprint density at radius 2 is 2.39 bits per heavy atom. The summed E-state index contributed by atoms with van der Waals surface area (Å²) in [6.45, 7) is 5.11. The first-order valence-electron chi connectivity index (χ1n) is 7.19. The third-order valence-corrected chi connectivity index (χ3v) is 5.18. The maximum atomic E-state index is 5.49. The molecule has 1 fully saturated rings. The van der Waals surface area contributed by atoms with Crippen molar-refractivity contribution >= 4 is 11.3 Å². The highest BCUT2D eigenvalue weighted by Gasteiger charge is 2.28. The van der Waals surface area contributed by atoms with Crippen molar-refractivity contribution in [2.24, 2.45) is 0 Å². The van der Waals surface area contributed by atoms with Crippen LogP contribution in [0.2, 0.25) is 0 Å². The SMILES string of the molecule is CCCNC1CCCc2sc(C3CCOC3)nc21. The topological polar surface area (TPSA) is 34.1 Å². The molecule has 0 spiro atoms. The van der Waals surface area contributed by atoms with E-state index in [2.05, 4.69) is 12.2 Å². The van der Waals surface area contributed by atoms with E-state index in [-0.39, 0.29) is 0 Å². The number of hydrogen-bond donors (Lipinski definition) is 1. The number of aromatic nitrogens is 1. The van der Waals surface area contributed by atoms with Gasteiger partial charge in [0.2, 0.25) is 0 Å². The van der Waals surface area contributed by atoms with Crippen molar-refractivity contribution in [3.63, 3.8) is 0 Å². The second-order valence-electron chi connectivity index (χ2n) is 5.32. The van der Waals surface area contributed by atoms with E-state index < -0.39 is 0 Å². The van der Waals surface area contributed by atoms with Crippen molar-refractivity contribution in [3.8, 4) is 0 Å². The number of rotatable bonds is 4. The molecule has 3 nitrogen and oxygen atoms in total. The van der Waals surface area contributed by atoms with Crippen molar-refractivity contribution < 1.29 is 4.74 Å². The molecule has 100 valence electrons. The van der Waals surface area contributed by atoms with Crippen LogP contribution in [0, 0.1) is 0 Å². The number of nitrogens with zero attached hydrogens (tertiary/aromatic N) is 1. The van der Waals surface area contributed by atoms with Gasteiger partial charge >= 0.3 is 0 Å². The van der Waals surface area contributed by atoms with Crippen LogP contribution >= 0.6 is 11.3 Å². The van der Waals surface area contributed by atoms with E-state index in [1.54, 1.807) is 0 Å². The van der Waals surface area contributed by atoms with Gasteiger partial charge in [-0.1, -0.05) is 6.92 Å². The highest BCUT2D eigenvalue weighted by Crippen LogP contribution is 2.37. The van der Waals surface area contributed by atoms with Gasteiger partial charge in [0.15, 0.2) is 0 Å². The average Bonchev–Trinajstić information content (AvgIpc) is 3.03. The first-order valence-corrected chi connectivity index (χ1v) is 8.00. The Balaban J connectivity index is 1.78. The minimum absolute atomic E-state index is 0.501. The van der Waals surface area contributed by atoms with Gasteiger partial charge in [0.25, 0.3) is 0 Å². The lowest BCUT2D eigenvalue weighted by atomic mass is 9.97. The summed E-state index contributed by atoms with van der Waals surface area (Å²) in [5, 5.41) is 4.97. The fraction of sp³-hybridized carbons (Fsp3) is 0.786. The molecule has 2 unspecified atom stereocenters. The van der Waals surface area contributed by atoms with Crippen LogP contribution < -0.4 is 5.32 Å². The lowest BCUT2D eigenvalue weighted by Gasteiger charge is -2.22. The monoisotopic (exact) mass is 266 g/mol. The molecule has 0 radical (unpaired) electrons. The largest absolute Gasteiger partial charge is 0.381 e. The molecule has 3 rings (SSSR count). The smallest absolute Gasteiger partial charge is 0.0986 e. The van der Waals surface area contributed by atoms with E-state index >= 15 is 0 Å². The molecule has 0 amide bonds. The van der Waals surface area contributed by atoms with E-state index in [4.69, 9.17) is 9.72 Å². The second kappa shape index (κ2) is 5.68. The Morgan fingerprint density at radius 3 is 3.17 bits per heavy atom. The summed E-state index contributed by atoms with van der Waals surface area (Å²) in [5.74, 6) is 0.562. The van der Waals surface area contributed by atoms with Crippen molar-refractivity contribution in [2.75, 3.05) is 19.8 Å². The predicted molar refractivity (Wildman–Crippen MR) is 74.3 cm³/mol. The Hall–Kier alpha value is -0.450. The normalized spacial score (nSPS) is 27.4. The van der Waals surface area contributed by atoms with Gasteiger partial charge in [-0.3, -0.25) is 0 Å². The molecule has 1 aromatic rings. The Kier molecular flexibility index (Phi) is 3.97. The van der Waals surface area contributed by atoms with Gasteiger partial charge in [-0.15, -0.1) is 11.3 Å². The maximum Gasteiger partial charge on any atom is 0.0986 e. The molecule has 2 atom stereocenters. The van der Waals surface area contributed by atoms with Gasteiger partial charge in [-0.05, 0) is 38.6 Å². The Labute approximate surface area is 113 Å². The zero-order chi connectivity index (χ0) is 12.4. The van der Waals surface area contributed by atoms with Crippen LogP contribution in [0.15, 0.2) is 0 Å². The van der Waals surface area contributed by atoms with Gasteiger partial charge in [0.1, 0.15) is 0 Å². The van der Waals surface area contributed by atoms with Gasteiger partial charge < -0.3 is 10.1 Å². The van der Waals surface area contributed by atoms with Crippen LogP contribution in [0.25, 0.3) is 0 Å². The van der Waals surface area contributed by atoms with Crippen LogP contribution in [0.5, 0.6) is 0 Å². The molecule has 1 N–H and O–H groups in total. The molecule has 1 saturated heterocycles. The lowest BCUT2D eigenvalue weighted by molar-refractivity contribution is 0.194. The molecule has 4 heteroatoms. The number of thiazole rings is 1. The number of hydrogen-bond acceptors (Lipinski definition) is 4. The quantitative estimate of drug-likeness (QED) is 0.909. The molecular weight excluding hydrogens is 244 g/mol. The molecule has 2 heterocycles. The summed E-state index contributed by atoms with van der Waals surface area (Å²) in [6.07, 6.45) is 6.12. The Bertz CT molecular complexity index is 398.